The van der Waals surface area contributed by atoms with Crippen molar-refractivity contribution in [3.05, 3.63) is 59.2 Å². The Hall–Kier alpha value is -3.07. The summed E-state index contributed by atoms with van der Waals surface area (Å²) in [6.07, 6.45) is 1.46. The molecule has 0 aliphatic rings. The van der Waals surface area contributed by atoms with Crippen molar-refractivity contribution >= 4 is 27.5 Å². The third-order valence-corrected chi connectivity index (χ3v) is 7.00. The van der Waals surface area contributed by atoms with Crippen LogP contribution >= 0.6 is 0 Å². The van der Waals surface area contributed by atoms with Gasteiger partial charge >= 0.3 is 0 Å². The molecule has 1 atom stereocenters. The molecule has 0 saturated heterocycles. The number of aryl methyl sites for hydroxylation is 2. The molecular formula is C27H39N3O5S. The van der Waals surface area contributed by atoms with Gasteiger partial charge in [-0.3, -0.25) is 13.9 Å². The Morgan fingerprint density at radius 3 is 2.36 bits per heavy atom. The standard InChI is InChI=1S/C27H39N3O5S/c1-8-24(27(32)28-16-19(2)3)29(17-22-10-9-11-23(15-22)35-6)26(31)18-30(36(7,33)34)25-14-20(4)12-13-21(25)5/h9-15,19,24H,8,16-18H2,1-7H3,(H,28,32)/t24-/m1/s1. The van der Waals surface area contributed by atoms with Crippen molar-refractivity contribution in [3.63, 3.8) is 0 Å². The number of carbonyl (C=O) groups is 2. The van der Waals surface area contributed by atoms with Gasteiger partial charge in [0.15, 0.2) is 0 Å². The molecule has 0 fully saturated rings. The van der Waals surface area contributed by atoms with Gasteiger partial charge in [0, 0.05) is 13.1 Å². The minimum Gasteiger partial charge on any atom is -0.497 e. The molecule has 1 N–H and O–H groups in total. The van der Waals surface area contributed by atoms with Crippen molar-refractivity contribution < 1.29 is 22.7 Å². The molecule has 0 heterocycles. The molecule has 0 radical (unpaired) electrons. The Morgan fingerprint density at radius 1 is 1.08 bits per heavy atom. The van der Waals surface area contributed by atoms with Crippen molar-refractivity contribution in [3.8, 4) is 5.75 Å². The van der Waals surface area contributed by atoms with Crippen molar-refractivity contribution in [1.82, 2.24) is 10.2 Å². The Kier molecular flexibility index (Phi) is 10.3. The topological polar surface area (TPSA) is 96.0 Å². The zero-order chi connectivity index (χ0) is 27.0. The van der Waals surface area contributed by atoms with E-state index in [1.54, 1.807) is 32.2 Å². The molecule has 2 aromatic rings. The molecule has 2 aromatic carbocycles. The third-order valence-electron chi connectivity index (χ3n) is 5.87. The lowest BCUT2D eigenvalue weighted by Crippen LogP contribution is -2.52. The summed E-state index contributed by atoms with van der Waals surface area (Å²) in [6, 6.07) is 12.0. The number of ether oxygens (including phenoxy) is 1. The normalized spacial score (nSPS) is 12.2. The number of nitrogens with one attached hydrogen (secondary N) is 1. The van der Waals surface area contributed by atoms with Crippen molar-refractivity contribution in [2.24, 2.45) is 5.92 Å². The van der Waals surface area contributed by atoms with Crippen molar-refractivity contribution in [1.29, 1.82) is 0 Å². The lowest BCUT2D eigenvalue weighted by atomic mass is 10.1. The van der Waals surface area contributed by atoms with Crippen molar-refractivity contribution in [2.45, 2.75) is 53.6 Å². The summed E-state index contributed by atoms with van der Waals surface area (Å²) in [4.78, 5) is 28.4. The van der Waals surface area contributed by atoms with E-state index in [0.717, 1.165) is 27.3 Å². The number of hydrogen-bond acceptors (Lipinski definition) is 5. The van der Waals surface area contributed by atoms with Gasteiger partial charge in [-0.05, 0) is 61.1 Å². The van der Waals surface area contributed by atoms with E-state index in [1.165, 1.54) is 4.90 Å². The summed E-state index contributed by atoms with van der Waals surface area (Å²) in [7, 11) is -2.22. The molecule has 8 nitrogen and oxygen atoms in total. The number of carbonyl (C=O) groups excluding carboxylic acids is 2. The molecule has 9 heteroatoms. The fourth-order valence-corrected chi connectivity index (χ4v) is 4.79. The average molecular weight is 518 g/mol. The van der Waals surface area contributed by atoms with Gasteiger partial charge in [0.1, 0.15) is 18.3 Å². The minimum absolute atomic E-state index is 0.133. The lowest BCUT2D eigenvalue weighted by Gasteiger charge is -2.33. The highest BCUT2D eigenvalue weighted by atomic mass is 32.2. The molecule has 0 bridgehead atoms. The van der Waals surface area contributed by atoms with Gasteiger partial charge in [0.05, 0.1) is 19.1 Å². The highest BCUT2D eigenvalue weighted by molar-refractivity contribution is 7.92. The predicted molar refractivity (Wildman–Crippen MR) is 144 cm³/mol. The fraction of sp³-hybridized carbons (Fsp3) is 0.481. The van der Waals surface area contributed by atoms with E-state index in [-0.39, 0.29) is 18.4 Å². The number of amides is 2. The molecule has 36 heavy (non-hydrogen) atoms. The minimum atomic E-state index is -3.78. The zero-order valence-electron chi connectivity index (χ0n) is 22.4. The molecule has 0 unspecified atom stereocenters. The highest BCUT2D eigenvalue weighted by Gasteiger charge is 2.32. The second-order valence-corrected chi connectivity index (χ2v) is 11.4. The SMILES string of the molecule is CC[C@H](C(=O)NCC(C)C)N(Cc1cccc(OC)c1)C(=O)CN(c1cc(C)ccc1C)S(C)(=O)=O. The van der Waals surface area contributed by atoms with Gasteiger partial charge < -0.3 is 15.0 Å². The molecule has 0 saturated carbocycles. The van der Waals surface area contributed by atoms with E-state index < -0.39 is 28.5 Å². The Bertz CT molecular complexity index is 1160. The molecule has 0 aliphatic carbocycles. The van der Waals surface area contributed by atoms with Crippen LogP contribution in [0.2, 0.25) is 0 Å². The summed E-state index contributed by atoms with van der Waals surface area (Å²) >= 11 is 0. The first-order valence-electron chi connectivity index (χ1n) is 12.1. The van der Waals surface area contributed by atoms with Crippen LogP contribution in [0.25, 0.3) is 0 Å². The Morgan fingerprint density at radius 2 is 1.78 bits per heavy atom. The molecule has 198 valence electrons. The van der Waals surface area contributed by atoms with Gasteiger partial charge in [0.2, 0.25) is 21.8 Å². The van der Waals surface area contributed by atoms with Gasteiger partial charge in [-0.25, -0.2) is 8.42 Å². The number of benzene rings is 2. The smallest absolute Gasteiger partial charge is 0.244 e. The quantitative estimate of drug-likeness (QED) is 0.464. The molecule has 0 aliphatic heterocycles. The van der Waals surface area contributed by atoms with Gasteiger partial charge in [-0.1, -0.05) is 45.0 Å². The van der Waals surface area contributed by atoms with Crippen LogP contribution in [0.4, 0.5) is 5.69 Å². The molecule has 0 aromatic heterocycles. The second kappa shape index (κ2) is 12.8. The summed E-state index contributed by atoms with van der Waals surface area (Å²) in [5, 5.41) is 2.92. The van der Waals surface area contributed by atoms with Crippen LogP contribution in [0.5, 0.6) is 5.75 Å². The van der Waals surface area contributed by atoms with Crippen LogP contribution < -0.4 is 14.4 Å². The summed E-state index contributed by atoms with van der Waals surface area (Å²) < 4.78 is 32.0. The maximum atomic E-state index is 13.8. The van der Waals surface area contributed by atoms with Crippen LogP contribution in [0.3, 0.4) is 0 Å². The summed E-state index contributed by atoms with van der Waals surface area (Å²) in [6.45, 7) is 9.70. The largest absolute Gasteiger partial charge is 0.497 e. The van der Waals surface area contributed by atoms with E-state index >= 15 is 0 Å². The highest BCUT2D eigenvalue weighted by Crippen LogP contribution is 2.25. The summed E-state index contributed by atoms with van der Waals surface area (Å²) in [5.41, 5.74) is 2.84. The second-order valence-electron chi connectivity index (χ2n) is 9.50. The Balaban J connectivity index is 2.48. The summed E-state index contributed by atoms with van der Waals surface area (Å²) in [5.74, 6) is 0.153. The van der Waals surface area contributed by atoms with Gasteiger partial charge in [0.25, 0.3) is 0 Å². The first-order chi connectivity index (χ1) is 16.9. The number of hydrogen-bond donors (Lipinski definition) is 1. The van der Waals surface area contributed by atoms with E-state index in [4.69, 9.17) is 4.74 Å². The van der Waals surface area contributed by atoms with Crippen LogP contribution in [0.1, 0.15) is 43.9 Å². The number of methoxy groups -OCH3 is 1. The van der Waals surface area contributed by atoms with Crippen LogP contribution in [0, 0.1) is 19.8 Å². The van der Waals surface area contributed by atoms with Crippen LogP contribution in [-0.4, -0.2) is 57.6 Å². The van der Waals surface area contributed by atoms with Crippen LogP contribution in [0.15, 0.2) is 42.5 Å². The zero-order valence-corrected chi connectivity index (χ0v) is 23.2. The number of anilines is 1. The lowest BCUT2D eigenvalue weighted by molar-refractivity contribution is -0.140. The third kappa shape index (κ3) is 7.98. The predicted octanol–water partition coefficient (Wildman–Crippen LogP) is 3.66. The Labute approximate surface area is 215 Å². The number of nitrogens with zero attached hydrogens (tertiary/aromatic N) is 2. The monoisotopic (exact) mass is 517 g/mol. The van der Waals surface area contributed by atoms with E-state index in [1.807, 2.05) is 52.0 Å². The number of sulfonamides is 1. The fourth-order valence-electron chi connectivity index (χ4n) is 3.89. The molecule has 2 rings (SSSR count). The van der Waals surface area contributed by atoms with E-state index in [9.17, 15) is 18.0 Å². The van der Waals surface area contributed by atoms with Gasteiger partial charge in [-0.15, -0.1) is 0 Å². The van der Waals surface area contributed by atoms with Crippen LogP contribution in [-0.2, 0) is 26.2 Å². The maximum Gasteiger partial charge on any atom is 0.244 e. The molecule has 0 spiro atoms. The molecule has 2 amide bonds. The van der Waals surface area contributed by atoms with Gasteiger partial charge in [-0.2, -0.15) is 0 Å². The number of rotatable bonds is 12. The van der Waals surface area contributed by atoms with E-state index in [2.05, 4.69) is 5.32 Å². The first kappa shape index (κ1) is 29.2. The van der Waals surface area contributed by atoms with Crippen molar-refractivity contribution in [2.75, 3.05) is 30.8 Å². The average Bonchev–Trinajstić information content (AvgIpc) is 2.82. The molecular weight excluding hydrogens is 478 g/mol. The van der Waals surface area contributed by atoms with E-state index in [0.29, 0.717) is 24.4 Å². The maximum absolute atomic E-state index is 13.8. The first-order valence-corrected chi connectivity index (χ1v) is 14.0.